The molecule has 1 unspecified atom stereocenters. The van der Waals surface area contributed by atoms with Crippen LogP contribution in [0.2, 0.25) is 10.0 Å². The van der Waals surface area contributed by atoms with Crippen molar-refractivity contribution in [3.63, 3.8) is 0 Å². The van der Waals surface area contributed by atoms with Crippen LogP contribution in [-0.2, 0) is 0 Å². The lowest BCUT2D eigenvalue weighted by Gasteiger charge is -2.26. The van der Waals surface area contributed by atoms with E-state index in [0.717, 1.165) is 0 Å². The number of azo groups is 1. The number of aromatic nitrogens is 2. The number of halogens is 2. The van der Waals surface area contributed by atoms with Gasteiger partial charge in [0, 0.05) is 15.6 Å². The van der Waals surface area contributed by atoms with Gasteiger partial charge in [0.2, 0.25) is 0 Å². The minimum atomic E-state index is -0.458. The summed E-state index contributed by atoms with van der Waals surface area (Å²) >= 11 is 12.6. The van der Waals surface area contributed by atoms with Gasteiger partial charge in [-0.2, -0.15) is 9.80 Å². The van der Waals surface area contributed by atoms with Crippen LogP contribution in [0.15, 0.2) is 52.7 Å². The molecule has 0 fully saturated rings. The van der Waals surface area contributed by atoms with Gasteiger partial charge < -0.3 is 16.2 Å². The Labute approximate surface area is 169 Å². The van der Waals surface area contributed by atoms with Gasteiger partial charge in [0.15, 0.2) is 17.3 Å². The third-order valence-electron chi connectivity index (χ3n) is 4.28. The monoisotopic (exact) mass is 416 g/mol. The molecule has 4 N–H and O–H groups in total. The Kier molecular flexibility index (Phi) is 4.66. The summed E-state index contributed by atoms with van der Waals surface area (Å²) in [6.07, 6.45) is 0.103. The largest absolute Gasteiger partial charge is 0.508 e. The number of nitrogen functional groups attached to an aromatic ring is 1. The van der Waals surface area contributed by atoms with E-state index in [-0.39, 0.29) is 29.6 Å². The number of hydrogen-bond acceptors (Lipinski definition) is 7. The Bertz CT molecular complexity index is 1070. The molecule has 142 valence electrons. The number of hydrogen-bond donors (Lipinski definition) is 3. The summed E-state index contributed by atoms with van der Waals surface area (Å²) in [7, 11) is 0. The van der Waals surface area contributed by atoms with Crippen molar-refractivity contribution in [1.29, 1.82) is 0 Å². The van der Waals surface area contributed by atoms with E-state index in [0.29, 0.717) is 27.1 Å². The maximum Gasteiger partial charge on any atom is 0.251 e. The van der Waals surface area contributed by atoms with Crippen LogP contribution in [0.25, 0.3) is 0 Å². The maximum atomic E-state index is 12.6. The van der Waals surface area contributed by atoms with Gasteiger partial charge in [0.1, 0.15) is 5.75 Å². The Morgan fingerprint density at radius 3 is 2.50 bits per heavy atom. The minimum absolute atomic E-state index is 0.0595. The first-order chi connectivity index (χ1) is 13.4. The molecule has 0 aliphatic carbocycles. The van der Waals surface area contributed by atoms with E-state index in [9.17, 15) is 9.90 Å². The van der Waals surface area contributed by atoms with Crippen LogP contribution in [0.1, 0.15) is 22.8 Å². The number of aromatic hydroxyl groups is 1. The molecule has 0 radical (unpaired) electrons. The summed E-state index contributed by atoms with van der Waals surface area (Å²) in [5, 5.41) is 25.7. The van der Waals surface area contributed by atoms with Crippen molar-refractivity contribution in [3.8, 4) is 5.75 Å². The molecule has 3 aromatic rings. The lowest BCUT2D eigenvalue weighted by molar-refractivity contribution is 0.0873. The summed E-state index contributed by atoms with van der Waals surface area (Å²) < 4.78 is 1.17. The van der Waals surface area contributed by atoms with Gasteiger partial charge in [-0.25, -0.2) is 0 Å². The molecule has 0 amide bonds. The number of nitrogens with one attached hydrogen (secondary N) is 1. The van der Waals surface area contributed by atoms with E-state index in [4.69, 9.17) is 28.9 Å². The highest BCUT2D eigenvalue weighted by atomic mass is 35.5. The standard InChI is InChI=1S/C18H14Cl2N6O2/c19-11-2-1-3-12(20)15(11)13-8-14(28)26-18(22-13)16(17(21)25-26)24-23-9-4-6-10(27)7-5-9/h1-7,13,22,27H,8H2,(H2,21,25). The van der Waals surface area contributed by atoms with Gasteiger partial charge in [0.25, 0.3) is 5.91 Å². The number of phenolic OH excluding ortho intramolecular Hbond substituents is 1. The van der Waals surface area contributed by atoms with Gasteiger partial charge >= 0.3 is 0 Å². The quantitative estimate of drug-likeness (QED) is 0.513. The summed E-state index contributed by atoms with van der Waals surface area (Å²) in [6, 6.07) is 10.9. The Balaban J connectivity index is 1.72. The van der Waals surface area contributed by atoms with Crippen molar-refractivity contribution in [2.75, 3.05) is 11.1 Å². The molecule has 10 heteroatoms. The minimum Gasteiger partial charge on any atom is -0.508 e. The van der Waals surface area contributed by atoms with Gasteiger partial charge in [-0.05, 0) is 36.4 Å². The highest BCUT2D eigenvalue weighted by Crippen LogP contribution is 2.42. The third-order valence-corrected chi connectivity index (χ3v) is 4.93. The number of phenols is 1. The average molecular weight is 417 g/mol. The second-order valence-electron chi connectivity index (χ2n) is 6.14. The molecule has 1 aliphatic heterocycles. The van der Waals surface area contributed by atoms with Crippen LogP contribution in [-0.4, -0.2) is 20.8 Å². The molecule has 4 rings (SSSR count). The number of nitrogens with zero attached hydrogens (tertiary/aromatic N) is 4. The van der Waals surface area contributed by atoms with Crippen molar-refractivity contribution in [1.82, 2.24) is 9.78 Å². The molecule has 2 aromatic carbocycles. The molecule has 1 atom stereocenters. The molecule has 28 heavy (non-hydrogen) atoms. The number of fused-ring (bicyclic) bond motifs is 1. The molecule has 0 saturated carbocycles. The van der Waals surface area contributed by atoms with Crippen molar-refractivity contribution in [3.05, 3.63) is 58.1 Å². The number of carbonyl (C=O) groups excluding carboxylic acids is 1. The molecule has 0 spiro atoms. The van der Waals surface area contributed by atoms with E-state index >= 15 is 0 Å². The molecule has 0 bridgehead atoms. The summed E-state index contributed by atoms with van der Waals surface area (Å²) in [4.78, 5) is 12.6. The topological polar surface area (TPSA) is 118 Å². The predicted molar refractivity (Wildman–Crippen MR) is 107 cm³/mol. The smallest absolute Gasteiger partial charge is 0.251 e. The second kappa shape index (κ2) is 7.14. The molecule has 8 nitrogen and oxygen atoms in total. The summed E-state index contributed by atoms with van der Waals surface area (Å²) in [5.41, 5.74) is 7.30. The van der Waals surface area contributed by atoms with Crippen LogP contribution in [0.3, 0.4) is 0 Å². The van der Waals surface area contributed by atoms with Crippen LogP contribution in [0.5, 0.6) is 5.75 Å². The Morgan fingerprint density at radius 1 is 1.14 bits per heavy atom. The maximum absolute atomic E-state index is 12.6. The predicted octanol–water partition coefficient (Wildman–Crippen LogP) is 5.09. The van der Waals surface area contributed by atoms with Gasteiger partial charge in [-0.1, -0.05) is 29.3 Å². The van der Waals surface area contributed by atoms with E-state index in [2.05, 4.69) is 20.6 Å². The Morgan fingerprint density at radius 2 is 1.82 bits per heavy atom. The van der Waals surface area contributed by atoms with Gasteiger partial charge in [0.05, 0.1) is 18.2 Å². The van der Waals surface area contributed by atoms with E-state index in [1.165, 1.54) is 16.8 Å². The number of carbonyl (C=O) groups is 1. The van der Waals surface area contributed by atoms with Crippen molar-refractivity contribution in [2.24, 2.45) is 10.2 Å². The van der Waals surface area contributed by atoms with Gasteiger partial charge in [-0.15, -0.1) is 10.2 Å². The first-order valence-electron chi connectivity index (χ1n) is 8.27. The molecular weight excluding hydrogens is 403 g/mol. The molecule has 0 saturated heterocycles. The number of anilines is 2. The fourth-order valence-electron chi connectivity index (χ4n) is 2.96. The van der Waals surface area contributed by atoms with E-state index < -0.39 is 6.04 Å². The van der Waals surface area contributed by atoms with E-state index in [1.54, 1.807) is 30.3 Å². The summed E-state index contributed by atoms with van der Waals surface area (Å²) in [6.45, 7) is 0. The van der Waals surface area contributed by atoms with Crippen molar-refractivity contribution < 1.29 is 9.90 Å². The first kappa shape index (κ1) is 18.3. The third kappa shape index (κ3) is 3.28. The fourth-order valence-corrected chi connectivity index (χ4v) is 3.62. The number of rotatable bonds is 3. The molecule has 1 aliphatic rings. The fraction of sp³-hybridized carbons (Fsp3) is 0.111. The van der Waals surface area contributed by atoms with Crippen LogP contribution >= 0.6 is 23.2 Å². The lowest BCUT2D eigenvalue weighted by Crippen LogP contribution is -2.28. The highest BCUT2D eigenvalue weighted by Gasteiger charge is 2.32. The number of benzene rings is 2. The average Bonchev–Trinajstić information content (AvgIpc) is 2.97. The number of nitrogens with two attached hydrogens (primary N) is 1. The van der Waals surface area contributed by atoms with Crippen LogP contribution in [0, 0.1) is 0 Å². The SMILES string of the molecule is Nc1nn2c(c1N=Nc1ccc(O)cc1)NC(c1c(Cl)cccc1Cl)CC2=O. The zero-order valence-electron chi connectivity index (χ0n) is 14.3. The van der Waals surface area contributed by atoms with Crippen LogP contribution < -0.4 is 11.1 Å². The Hall–Kier alpha value is -3.10. The normalized spacial score (nSPS) is 16.2. The molecule has 2 heterocycles. The second-order valence-corrected chi connectivity index (χ2v) is 6.96. The van der Waals surface area contributed by atoms with E-state index in [1.807, 2.05) is 0 Å². The van der Waals surface area contributed by atoms with Crippen molar-refractivity contribution >= 4 is 52.1 Å². The van der Waals surface area contributed by atoms with Crippen molar-refractivity contribution in [2.45, 2.75) is 12.5 Å². The highest BCUT2D eigenvalue weighted by molar-refractivity contribution is 6.36. The molecule has 1 aromatic heterocycles. The zero-order valence-corrected chi connectivity index (χ0v) is 15.8. The summed E-state index contributed by atoms with van der Waals surface area (Å²) in [5.74, 6) is 0.224. The van der Waals surface area contributed by atoms with Gasteiger partial charge in [-0.3, -0.25) is 4.79 Å². The molecular formula is C18H14Cl2N6O2. The zero-order chi connectivity index (χ0) is 19.8. The van der Waals surface area contributed by atoms with Crippen LogP contribution in [0.4, 0.5) is 23.0 Å². The lowest BCUT2D eigenvalue weighted by atomic mass is 10.0. The first-order valence-corrected chi connectivity index (χ1v) is 9.02.